The van der Waals surface area contributed by atoms with Gasteiger partial charge in [-0.25, -0.2) is 4.79 Å². The van der Waals surface area contributed by atoms with E-state index in [1.165, 1.54) is 21.0 Å². The molecule has 2 saturated heterocycles. The first-order chi connectivity index (χ1) is 15.4. The molecule has 2 fully saturated rings. The Morgan fingerprint density at radius 1 is 1.09 bits per heavy atom. The molecule has 34 heavy (non-hydrogen) atoms. The SMILES string of the molecule is C=C(C)C(=O)OCC1OC(OC)C(NC(C)=O)C(OC2OC(C(=O)[O-])[C@@H]([CH2+])C(O)C2O)C1O.[Na+]. The van der Waals surface area contributed by atoms with Gasteiger partial charge in [0.05, 0.1) is 12.9 Å². The quantitative estimate of drug-likeness (QED) is 0.107. The average Bonchev–Trinajstić information content (AvgIpc) is 2.74. The maximum absolute atomic E-state index is 11.7. The van der Waals surface area contributed by atoms with Crippen LogP contribution in [0.2, 0.25) is 0 Å². The number of methoxy groups -OCH3 is 1. The van der Waals surface area contributed by atoms with E-state index in [1.54, 1.807) is 0 Å². The number of carbonyl (C=O) groups is 3. The van der Waals surface area contributed by atoms with E-state index < -0.39 is 85.6 Å². The predicted molar refractivity (Wildman–Crippen MR) is 104 cm³/mol. The Balaban J connectivity index is 0.00000578. The number of aliphatic hydroxyl groups is 3. The Bertz CT molecular complexity index is 751. The minimum absolute atomic E-state index is 0. The second kappa shape index (κ2) is 13.2. The van der Waals surface area contributed by atoms with Crippen molar-refractivity contribution in [2.45, 2.75) is 69.1 Å². The number of carbonyl (C=O) groups excluding carboxylic acids is 3. The minimum atomic E-state index is -1.76. The Kier molecular flexibility index (Phi) is 11.9. The van der Waals surface area contributed by atoms with Gasteiger partial charge in [0, 0.05) is 19.6 Å². The van der Waals surface area contributed by atoms with Crippen molar-refractivity contribution in [3.05, 3.63) is 19.1 Å². The fourth-order valence-electron chi connectivity index (χ4n) is 3.50. The van der Waals surface area contributed by atoms with E-state index in [-0.39, 0.29) is 35.1 Å². The van der Waals surface area contributed by atoms with Crippen LogP contribution in [0.3, 0.4) is 0 Å². The van der Waals surface area contributed by atoms with Gasteiger partial charge in [-0.1, -0.05) is 6.58 Å². The maximum Gasteiger partial charge on any atom is 1.00 e. The summed E-state index contributed by atoms with van der Waals surface area (Å²) in [4.78, 5) is 34.8. The first kappa shape index (κ1) is 30.8. The molecule has 0 radical (unpaired) electrons. The molecule has 4 N–H and O–H groups in total. The maximum atomic E-state index is 11.7. The number of aliphatic carboxylic acids is 1. The van der Waals surface area contributed by atoms with Crippen LogP contribution >= 0.6 is 0 Å². The molecule has 186 valence electrons. The summed E-state index contributed by atoms with van der Waals surface area (Å²) in [6.45, 7) is 9.07. The van der Waals surface area contributed by atoms with E-state index >= 15 is 0 Å². The summed E-state index contributed by atoms with van der Waals surface area (Å²) in [7, 11) is 1.25. The first-order valence-corrected chi connectivity index (χ1v) is 10.1. The van der Waals surface area contributed by atoms with Gasteiger partial charge in [0.25, 0.3) is 0 Å². The van der Waals surface area contributed by atoms with Crippen molar-refractivity contribution in [2.24, 2.45) is 5.92 Å². The number of aliphatic hydroxyl groups excluding tert-OH is 3. The molecule has 0 aromatic rings. The van der Waals surface area contributed by atoms with Gasteiger partial charge < -0.3 is 54.2 Å². The molecule has 0 aromatic heterocycles. The molecule has 0 aromatic carbocycles. The molecule has 14 heteroatoms. The zero-order valence-electron chi connectivity index (χ0n) is 19.4. The molecule has 2 heterocycles. The average molecular weight is 498 g/mol. The minimum Gasteiger partial charge on any atom is -0.547 e. The molecule has 2 aliphatic heterocycles. The van der Waals surface area contributed by atoms with Crippen molar-refractivity contribution >= 4 is 17.8 Å². The van der Waals surface area contributed by atoms with Gasteiger partial charge in [-0.2, -0.15) is 0 Å². The molecule has 0 saturated carbocycles. The van der Waals surface area contributed by atoms with Crippen LogP contribution in [-0.2, 0) is 38.1 Å². The summed E-state index contributed by atoms with van der Waals surface area (Å²) in [6.07, 6.45) is -12.3. The van der Waals surface area contributed by atoms with E-state index in [4.69, 9.17) is 23.7 Å². The van der Waals surface area contributed by atoms with Crippen LogP contribution in [0.5, 0.6) is 0 Å². The fourth-order valence-corrected chi connectivity index (χ4v) is 3.50. The smallest absolute Gasteiger partial charge is 0.547 e. The van der Waals surface area contributed by atoms with Gasteiger partial charge in [-0.05, 0) is 6.92 Å². The van der Waals surface area contributed by atoms with E-state index in [1.807, 2.05) is 0 Å². The Labute approximate surface area is 218 Å². The van der Waals surface area contributed by atoms with E-state index in [0.717, 1.165) is 0 Å². The first-order valence-electron chi connectivity index (χ1n) is 10.1. The number of hydrogen-bond acceptors (Lipinski definition) is 12. The predicted octanol–water partition coefficient (Wildman–Crippen LogP) is -6.62. The van der Waals surface area contributed by atoms with E-state index in [9.17, 15) is 34.8 Å². The third-order valence-electron chi connectivity index (χ3n) is 5.26. The number of ether oxygens (including phenoxy) is 5. The summed E-state index contributed by atoms with van der Waals surface area (Å²) in [5.74, 6) is -4.25. The van der Waals surface area contributed by atoms with Crippen molar-refractivity contribution in [3.63, 3.8) is 0 Å². The molecular formula is C20H29NNaO12+. The number of carboxylic acid groups (broad SMARTS) is 1. The topological polar surface area (TPSA) is 193 Å². The van der Waals surface area contributed by atoms with Crippen molar-refractivity contribution in [2.75, 3.05) is 13.7 Å². The van der Waals surface area contributed by atoms with Crippen LogP contribution in [0.25, 0.3) is 0 Å². The van der Waals surface area contributed by atoms with Crippen molar-refractivity contribution in [3.8, 4) is 0 Å². The number of esters is 1. The largest absolute Gasteiger partial charge is 1.00 e. The van der Waals surface area contributed by atoms with Gasteiger partial charge in [-0.3, -0.25) is 4.79 Å². The van der Waals surface area contributed by atoms with Crippen molar-refractivity contribution < 1.29 is 88.1 Å². The molecule has 0 aliphatic carbocycles. The second-order valence-corrected chi connectivity index (χ2v) is 7.86. The standard InChI is InChI=1S/C20H29NO12.Na/c1-7(2)18(28)30-6-10-13(24)16(11(21-9(4)22)19(29-5)31-10)33-20-14(25)12(23)8(3)15(32-20)17(26)27;/h8,10-16,19-20,23-25H,1,3,6H2,2,4-5H3,(H-,21,22,26,27);/q;+1/t8-,10?,11?,12?,13?,14?,15?,16?,19?,20?;/m0./s1. The number of carboxylic acids is 1. The molecule has 2 rings (SSSR count). The van der Waals surface area contributed by atoms with E-state index in [2.05, 4.69) is 18.8 Å². The van der Waals surface area contributed by atoms with Gasteiger partial charge in [-0.15, -0.1) is 0 Å². The third-order valence-corrected chi connectivity index (χ3v) is 5.26. The Morgan fingerprint density at radius 2 is 1.71 bits per heavy atom. The third kappa shape index (κ3) is 7.13. The van der Waals surface area contributed by atoms with Crippen LogP contribution in [0.15, 0.2) is 12.2 Å². The number of amides is 1. The van der Waals surface area contributed by atoms with Gasteiger partial charge >= 0.3 is 35.5 Å². The molecule has 13 nitrogen and oxygen atoms in total. The molecule has 2 aliphatic rings. The number of nitrogens with one attached hydrogen (secondary N) is 1. The Hall–Kier alpha value is -1.26. The van der Waals surface area contributed by atoms with Gasteiger partial charge in [0.1, 0.15) is 49.3 Å². The monoisotopic (exact) mass is 498 g/mol. The van der Waals surface area contributed by atoms with Crippen LogP contribution in [0, 0.1) is 12.8 Å². The zero-order chi connectivity index (χ0) is 25.0. The summed E-state index contributed by atoms with van der Waals surface area (Å²) in [6, 6.07) is -1.16. The normalized spacial score (nSPS) is 37.7. The second-order valence-electron chi connectivity index (χ2n) is 7.86. The van der Waals surface area contributed by atoms with Crippen molar-refractivity contribution in [1.82, 2.24) is 5.32 Å². The van der Waals surface area contributed by atoms with E-state index in [0.29, 0.717) is 0 Å². The number of hydrogen-bond donors (Lipinski definition) is 4. The van der Waals surface area contributed by atoms with Crippen molar-refractivity contribution in [1.29, 1.82) is 0 Å². The fraction of sp³-hybridized carbons (Fsp3) is 0.700. The van der Waals surface area contributed by atoms with Crippen LogP contribution in [-0.4, -0.2) is 102 Å². The number of rotatable bonds is 8. The van der Waals surface area contributed by atoms with Crippen LogP contribution in [0.1, 0.15) is 13.8 Å². The summed E-state index contributed by atoms with van der Waals surface area (Å²) in [5, 5.41) is 45.3. The molecule has 10 atom stereocenters. The van der Waals surface area contributed by atoms with Gasteiger partial charge in [0.2, 0.25) is 5.91 Å². The molecule has 0 bridgehead atoms. The molecule has 9 unspecified atom stereocenters. The molecule has 1 amide bonds. The Morgan fingerprint density at radius 3 is 2.21 bits per heavy atom. The summed E-state index contributed by atoms with van der Waals surface area (Å²) >= 11 is 0. The van der Waals surface area contributed by atoms with Crippen LogP contribution in [0.4, 0.5) is 0 Å². The zero-order valence-corrected chi connectivity index (χ0v) is 21.4. The van der Waals surface area contributed by atoms with Gasteiger partial charge in [0.15, 0.2) is 18.5 Å². The summed E-state index contributed by atoms with van der Waals surface area (Å²) in [5.41, 5.74) is 0.108. The van der Waals surface area contributed by atoms with Crippen LogP contribution < -0.4 is 40.0 Å². The molecular weight excluding hydrogens is 469 g/mol. The summed E-state index contributed by atoms with van der Waals surface area (Å²) < 4.78 is 26.7. The molecule has 0 spiro atoms.